The Bertz CT molecular complexity index is 1260. The number of nitrogen functional groups attached to an aromatic ring is 1. The molecule has 188 valence electrons. The second kappa shape index (κ2) is 9.04. The number of benzene rings is 1. The van der Waals surface area contributed by atoms with Crippen molar-refractivity contribution in [3.8, 4) is 0 Å². The van der Waals surface area contributed by atoms with Gasteiger partial charge in [0.1, 0.15) is 11.9 Å². The molecule has 0 radical (unpaired) electrons. The highest BCUT2D eigenvalue weighted by Gasteiger charge is 2.64. The van der Waals surface area contributed by atoms with Crippen molar-refractivity contribution in [2.45, 2.75) is 43.5 Å². The molecule has 35 heavy (non-hydrogen) atoms. The van der Waals surface area contributed by atoms with Gasteiger partial charge >= 0.3 is 19.7 Å². The van der Waals surface area contributed by atoms with Gasteiger partial charge in [-0.1, -0.05) is 23.2 Å². The van der Waals surface area contributed by atoms with E-state index in [2.05, 4.69) is 4.98 Å². The zero-order valence-electron chi connectivity index (χ0n) is 18.2. The first kappa shape index (κ1) is 24.5. The van der Waals surface area contributed by atoms with E-state index in [1.807, 2.05) is 0 Å². The number of fused-ring (bicyclic) bond motifs is 1. The summed E-state index contributed by atoms with van der Waals surface area (Å²) in [5, 5.41) is 0.803. The summed E-state index contributed by atoms with van der Waals surface area (Å²) in [6, 6.07) is 6.27. The highest BCUT2D eigenvalue weighted by molar-refractivity contribution is 7.48. The van der Waals surface area contributed by atoms with E-state index in [4.69, 9.17) is 56.7 Å². The minimum absolute atomic E-state index is 0.0192. The first-order valence-electron chi connectivity index (χ1n) is 10.5. The molecule has 4 heterocycles. The summed E-state index contributed by atoms with van der Waals surface area (Å²) >= 11 is 12.1. The molecule has 1 aromatic heterocycles. The lowest BCUT2D eigenvalue weighted by molar-refractivity contribution is -0.0959. The molecule has 3 unspecified atom stereocenters. The fraction of sp³-hybridized carbons (Fsp3) is 0.450. The van der Waals surface area contributed by atoms with Crippen LogP contribution in [-0.2, 0) is 32.3 Å². The van der Waals surface area contributed by atoms with Gasteiger partial charge in [-0.25, -0.2) is 14.2 Å². The van der Waals surface area contributed by atoms with Gasteiger partial charge in [0.05, 0.1) is 19.3 Å². The molecule has 2 aromatic rings. The molecular weight excluding hydrogens is 528 g/mol. The second-order valence-electron chi connectivity index (χ2n) is 8.31. The molecule has 0 bridgehead atoms. The molecule has 0 spiro atoms. The minimum atomic E-state index is -4.04. The van der Waals surface area contributed by atoms with Gasteiger partial charge in [-0.2, -0.15) is 4.98 Å². The molecule has 3 aliphatic heterocycles. The Labute approximate surface area is 208 Å². The number of hydrogen-bond donors (Lipinski definition) is 1. The van der Waals surface area contributed by atoms with Crippen molar-refractivity contribution in [1.29, 1.82) is 0 Å². The van der Waals surface area contributed by atoms with Crippen molar-refractivity contribution in [1.82, 2.24) is 9.55 Å². The Morgan fingerprint density at radius 1 is 1.29 bits per heavy atom. The van der Waals surface area contributed by atoms with Gasteiger partial charge in [-0.05, 0) is 36.8 Å². The quantitative estimate of drug-likeness (QED) is 0.431. The van der Waals surface area contributed by atoms with Crippen LogP contribution in [0.3, 0.4) is 0 Å². The molecule has 3 saturated heterocycles. The molecule has 1 aromatic carbocycles. The van der Waals surface area contributed by atoms with Crippen LogP contribution in [0.2, 0.25) is 10.0 Å². The number of rotatable bonds is 5. The second-order valence-corrected chi connectivity index (χ2v) is 10.8. The minimum Gasteiger partial charge on any atom is -0.424 e. The number of carbonyl (C=O) groups excluding carboxylic acids is 1. The number of anilines is 1. The summed E-state index contributed by atoms with van der Waals surface area (Å²) in [4.78, 5) is 28.0. The van der Waals surface area contributed by atoms with E-state index >= 15 is 0 Å². The summed E-state index contributed by atoms with van der Waals surface area (Å²) in [7, 11) is -4.04. The van der Waals surface area contributed by atoms with Gasteiger partial charge in [-0.15, -0.1) is 0 Å². The van der Waals surface area contributed by atoms with E-state index in [0.29, 0.717) is 22.0 Å². The largest absolute Gasteiger partial charge is 0.509 e. The normalized spacial score (nSPS) is 34.3. The fourth-order valence-corrected chi connectivity index (χ4v) is 6.23. The number of ether oxygens (including phenoxy) is 3. The zero-order chi connectivity index (χ0) is 25.0. The van der Waals surface area contributed by atoms with Crippen LogP contribution in [0.15, 0.2) is 35.3 Å². The number of hydrogen-bond acceptors (Lipinski definition) is 11. The van der Waals surface area contributed by atoms with E-state index in [1.54, 1.807) is 25.1 Å². The molecule has 0 amide bonds. The highest BCUT2D eigenvalue weighted by Crippen LogP contribution is 2.58. The molecule has 6 atom stereocenters. The smallest absolute Gasteiger partial charge is 0.424 e. The monoisotopic (exact) mass is 547 g/mol. The molecule has 2 N–H and O–H groups in total. The maximum Gasteiger partial charge on any atom is 0.509 e. The van der Waals surface area contributed by atoms with Crippen molar-refractivity contribution in [2.75, 3.05) is 18.9 Å². The maximum atomic E-state index is 13.2. The molecule has 15 heteroatoms. The first-order valence-corrected chi connectivity index (χ1v) is 12.7. The van der Waals surface area contributed by atoms with Crippen LogP contribution in [0.4, 0.5) is 10.6 Å². The Morgan fingerprint density at radius 3 is 2.74 bits per heavy atom. The number of aromatic nitrogens is 2. The Balaban J connectivity index is 1.33. The van der Waals surface area contributed by atoms with Crippen molar-refractivity contribution in [3.05, 3.63) is 56.6 Å². The van der Waals surface area contributed by atoms with Crippen molar-refractivity contribution < 1.29 is 37.1 Å². The molecule has 5 rings (SSSR count). The van der Waals surface area contributed by atoms with E-state index in [0.717, 1.165) is 4.57 Å². The number of phosphoric ester groups is 1. The first-order chi connectivity index (χ1) is 16.6. The predicted molar refractivity (Wildman–Crippen MR) is 121 cm³/mol. The van der Waals surface area contributed by atoms with Crippen molar-refractivity contribution in [3.63, 3.8) is 0 Å². The molecule has 0 saturated carbocycles. The van der Waals surface area contributed by atoms with Gasteiger partial charge in [0.15, 0.2) is 17.9 Å². The van der Waals surface area contributed by atoms with E-state index in [1.165, 1.54) is 12.3 Å². The van der Waals surface area contributed by atoms with Crippen LogP contribution in [-0.4, -0.2) is 46.7 Å². The summed E-state index contributed by atoms with van der Waals surface area (Å²) in [6.45, 7) is 1.28. The van der Waals surface area contributed by atoms with Crippen LogP contribution in [0.1, 0.15) is 31.2 Å². The number of carbonyl (C=O) groups is 1. The third-order valence-electron chi connectivity index (χ3n) is 5.87. The average molecular weight is 548 g/mol. The lowest BCUT2D eigenvalue weighted by Crippen LogP contribution is -2.44. The maximum absolute atomic E-state index is 13.2. The topological polar surface area (TPSA) is 150 Å². The number of nitrogens with zero attached hydrogens (tertiary/aromatic N) is 2. The third kappa shape index (κ3) is 4.67. The predicted octanol–water partition coefficient (Wildman–Crippen LogP) is 3.63. The molecular formula is C20H20Cl2N3O9P. The van der Waals surface area contributed by atoms with E-state index in [-0.39, 0.29) is 19.0 Å². The standard InChI is InChI=1S/C20H20Cl2N3O9P/c1-20-16(32-19(27)33-20)14(31-17(20)25-4-2-15(23)24-18(25)26)9-30-35(28)29-5-3-13(34-35)10-6-11(21)8-12(22)7-10/h2,4,6-8,13-14,16-17H,3,5,9H2,1H3,(H2,23,24,26)/t13?,14?,16-,17-,20-,35?/m1/s1. The summed E-state index contributed by atoms with van der Waals surface area (Å²) in [5.74, 6) is 0.0192. The summed E-state index contributed by atoms with van der Waals surface area (Å²) in [6.07, 6.45) is -2.89. The Kier molecular flexibility index (Phi) is 6.33. The van der Waals surface area contributed by atoms with Crippen LogP contribution in [0.25, 0.3) is 0 Å². The SMILES string of the molecule is C[C@@]12OC(=O)O[C@@H]1C(COP1(=O)OCCC(c3cc(Cl)cc(Cl)c3)O1)O[C@H]2n1ccc(N)nc1=O. The Hall–Kier alpha value is -2.18. The van der Waals surface area contributed by atoms with Gasteiger partial charge in [0, 0.05) is 22.7 Å². The van der Waals surface area contributed by atoms with Gasteiger partial charge in [0.2, 0.25) is 0 Å². The lowest BCUT2D eigenvalue weighted by Gasteiger charge is -2.30. The fourth-order valence-electron chi connectivity index (χ4n) is 4.29. The van der Waals surface area contributed by atoms with Crippen molar-refractivity contribution >= 4 is 43.0 Å². The van der Waals surface area contributed by atoms with Gasteiger partial charge in [-0.3, -0.25) is 18.1 Å². The lowest BCUT2D eigenvalue weighted by atomic mass is 9.96. The van der Waals surface area contributed by atoms with Crippen LogP contribution >= 0.6 is 31.0 Å². The number of nitrogens with two attached hydrogens (primary N) is 1. The third-order valence-corrected chi connectivity index (χ3v) is 7.78. The molecule has 12 nitrogen and oxygen atoms in total. The van der Waals surface area contributed by atoms with Crippen LogP contribution in [0, 0.1) is 0 Å². The van der Waals surface area contributed by atoms with Crippen molar-refractivity contribution in [2.24, 2.45) is 0 Å². The molecule has 3 aliphatic rings. The number of halogens is 2. The molecule has 3 fully saturated rings. The Morgan fingerprint density at radius 2 is 2.03 bits per heavy atom. The van der Waals surface area contributed by atoms with Crippen LogP contribution < -0.4 is 11.4 Å². The van der Waals surface area contributed by atoms with Gasteiger partial charge in [0.25, 0.3) is 0 Å². The van der Waals surface area contributed by atoms with Gasteiger partial charge < -0.3 is 19.9 Å². The molecule has 0 aliphatic carbocycles. The van der Waals surface area contributed by atoms with E-state index < -0.39 is 49.8 Å². The summed E-state index contributed by atoms with van der Waals surface area (Å²) < 4.78 is 47.4. The average Bonchev–Trinajstić information content (AvgIpc) is 3.21. The summed E-state index contributed by atoms with van der Waals surface area (Å²) in [5.41, 5.74) is 4.07. The highest BCUT2D eigenvalue weighted by atomic mass is 35.5. The van der Waals surface area contributed by atoms with E-state index in [9.17, 15) is 14.2 Å². The number of phosphoric acid groups is 1. The van der Waals surface area contributed by atoms with Crippen LogP contribution in [0.5, 0.6) is 0 Å². The zero-order valence-corrected chi connectivity index (χ0v) is 20.6.